The molecule has 0 atom stereocenters. The minimum absolute atomic E-state index is 0.00338. The maximum Gasteiger partial charge on any atom is 0.341 e. The molecule has 0 spiro atoms. The van der Waals surface area contributed by atoms with Crippen LogP contribution in [-0.4, -0.2) is 50.7 Å². The lowest BCUT2D eigenvalue weighted by Gasteiger charge is -2.39. The van der Waals surface area contributed by atoms with Crippen LogP contribution in [-0.2, 0) is 29.2 Å². The second-order valence-corrected chi connectivity index (χ2v) is 8.84. The molecule has 11 heteroatoms. The number of amides is 2. The molecule has 2 amide bonds. The number of methoxy groups -OCH3 is 1. The largest absolute Gasteiger partial charge is 0.460 e. The minimum atomic E-state index is -0.914. The Bertz CT molecular complexity index is 1090. The van der Waals surface area contributed by atoms with Crippen molar-refractivity contribution in [2.75, 3.05) is 32.2 Å². The maximum atomic E-state index is 13.3. The van der Waals surface area contributed by atoms with Crippen LogP contribution in [0.15, 0.2) is 24.3 Å². The predicted octanol–water partition coefficient (Wildman–Crippen LogP) is 2.70. The third kappa shape index (κ3) is 5.26. The number of ether oxygens (including phenoxy) is 3. The molecule has 1 aromatic heterocycles. The summed E-state index contributed by atoms with van der Waals surface area (Å²) in [7, 11) is 1.45. The Morgan fingerprint density at radius 1 is 1.12 bits per heavy atom. The molecule has 2 aromatic rings. The van der Waals surface area contributed by atoms with Gasteiger partial charge in [0.1, 0.15) is 17.4 Å². The van der Waals surface area contributed by atoms with Crippen LogP contribution in [0.25, 0.3) is 0 Å². The summed E-state index contributed by atoms with van der Waals surface area (Å²) >= 11 is 0.829. The normalized spacial score (nSPS) is 14.1. The minimum Gasteiger partial charge on any atom is -0.460 e. The van der Waals surface area contributed by atoms with Gasteiger partial charge in [0.05, 0.1) is 22.5 Å². The van der Waals surface area contributed by atoms with Gasteiger partial charge in [0.15, 0.2) is 6.61 Å². The maximum absolute atomic E-state index is 13.3. The molecule has 1 aliphatic carbocycles. The zero-order valence-corrected chi connectivity index (χ0v) is 19.6. The summed E-state index contributed by atoms with van der Waals surface area (Å²) < 4.78 is 28.5. The molecule has 1 heterocycles. The average molecular weight is 493 g/mol. The van der Waals surface area contributed by atoms with Crippen molar-refractivity contribution in [3.63, 3.8) is 0 Å². The molecule has 1 aliphatic rings. The number of anilines is 1. The van der Waals surface area contributed by atoms with Crippen LogP contribution < -0.4 is 11.1 Å². The number of primary amides is 1. The molecule has 182 valence electrons. The molecule has 0 aliphatic heterocycles. The number of thiophene rings is 1. The fourth-order valence-corrected chi connectivity index (χ4v) is 4.78. The SMILES string of the molecule is COCCOC(=O)c1c(NC(=O)COC(=O)C2(c3ccc(F)cc3)CCC2)sc(C(N)=O)c1C. The first-order valence-corrected chi connectivity index (χ1v) is 11.3. The molecular weight excluding hydrogens is 467 g/mol. The Labute approximate surface area is 199 Å². The predicted molar refractivity (Wildman–Crippen MR) is 121 cm³/mol. The first-order chi connectivity index (χ1) is 16.2. The van der Waals surface area contributed by atoms with Crippen molar-refractivity contribution in [2.45, 2.75) is 31.6 Å². The fraction of sp³-hybridized carbons (Fsp3) is 0.391. The Hall–Kier alpha value is -3.31. The van der Waals surface area contributed by atoms with Crippen LogP contribution >= 0.6 is 11.3 Å². The van der Waals surface area contributed by atoms with Gasteiger partial charge in [-0.25, -0.2) is 9.18 Å². The van der Waals surface area contributed by atoms with Crippen LogP contribution in [0.3, 0.4) is 0 Å². The van der Waals surface area contributed by atoms with Crippen molar-refractivity contribution < 1.29 is 37.8 Å². The highest BCUT2D eigenvalue weighted by atomic mass is 32.1. The molecule has 0 radical (unpaired) electrons. The first kappa shape index (κ1) is 25.3. The van der Waals surface area contributed by atoms with Crippen LogP contribution in [0, 0.1) is 12.7 Å². The number of nitrogens with one attached hydrogen (secondary N) is 1. The summed E-state index contributed by atoms with van der Waals surface area (Å²) in [6.07, 6.45) is 1.86. The average Bonchev–Trinajstić information content (AvgIpc) is 3.09. The van der Waals surface area contributed by atoms with Gasteiger partial charge in [0.2, 0.25) is 0 Å². The molecule has 1 aromatic carbocycles. The summed E-state index contributed by atoms with van der Waals surface area (Å²) in [6, 6.07) is 5.63. The van der Waals surface area contributed by atoms with Gasteiger partial charge in [-0.3, -0.25) is 14.4 Å². The highest BCUT2D eigenvalue weighted by molar-refractivity contribution is 7.18. The first-order valence-electron chi connectivity index (χ1n) is 10.5. The molecule has 0 unspecified atom stereocenters. The van der Waals surface area contributed by atoms with E-state index in [9.17, 15) is 23.6 Å². The Morgan fingerprint density at radius 3 is 2.35 bits per heavy atom. The van der Waals surface area contributed by atoms with E-state index in [1.54, 1.807) is 0 Å². The highest BCUT2D eigenvalue weighted by Crippen LogP contribution is 2.44. The molecular formula is C23H25FN2O7S. The van der Waals surface area contributed by atoms with E-state index in [2.05, 4.69) is 5.32 Å². The molecule has 0 saturated heterocycles. The van der Waals surface area contributed by atoms with E-state index in [4.69, 9.17) is 19.9 Å². The van der Waals surface area contributed by atoms with Gasteiger partial charge < -0.3 is 25.3 Å². The van der Waals surface area contributed by atoms with Gasteiger partial charge in [-0.05, 0) is 43.0 Å². The van der Waals surface area contributed by atoms with Gasteiger partial charge in [0, 0.05) is 7.11 Å². The number of rotatable bonds is 10. The van der Waals surface area contributed by atoms with Crippen LogP contribution in [0.2, 0.25) is 0 Å². The highest BCUT2D eigenvalue weighted by Gasteiger charge is 2.47. The van der Waals surface area contributed by atoms with Crippen molar-refractivity contribution in [3.05, 3.63) is 51.7 Å². The molecule has 3 N–H and O–H groups in total. The smallest absolute Gasteiger partial charge is 0.341 e. The number of carbonyl (C=O) groups excluding carboxylic acids is 4. The van der Waals surface area contributed by atoms with Crippen molar-refractivity contribution in [2.24, 2.45) is 5.73 Å². The van der Waals surface area contributed by atoms with E-state index in [1.807, 2.05) is 0 Å². The summed E-state index contributed by atoms with van der Waals surface area (Å²) in [5.41, 5.74) is 5.36. The van der Waals surface area contributed by atoms with Gasteiger partial charge in [-0.1, -0.05) is 18.6 Å². The molecule has 3 rings (SSSR count). The number of carbonyl (C=O) groups is 4. The van der Waals surface area contributed by atoms with Crippen molar-refractivity contribution in [1.82, 2.24) is 0 Å². The second kappa shape index (κ2) is 10.7. The van der Waals surface area contributed by atoms with Crippen molar-refractivity contribution >= 4 is 40.1 Å². The summed E-state index contributed by atoms with van der Waals surface area (Å²) in [6.45, 7) is 1.06. The van der Waals surface area contributed by atoms with E-state index < -0.39 is 41.6 Å². The number of esters is 2. The molecule has 1 fully saturated rings. The quantitative estimate of drug-likeness (QED) is 0.385. The fourth-order valence-electron chi connectivity index (χ4n) is 3.71. The van der Waals surface area contributed by atoms with E-state index in [0.717, 1.165) is 17.8 Å². The third-order valence-corrected chi connectivity index (χ3v) is 6.90. The van der Waals surface area contributed by atoms with Crippen LogP contribution in [0.1, 0.15) is 50.4 Å². The lowest BCUT2D eigenvalue weighted by atomic mass is 9.64. The van der Waals surface area contributed by atoms with E-state index in [-0.39, 0.29) is 34.2 Å². The standard InChI is InChI=1S/C23H25FN2O7S/c1-13-17(21(29)32-11-10-31-2)20(34-18(13)19(25)28)26-16(27)12-33-22(30)23(8-3-9-23)14-4-6-15(24)7-5-14/h4-7H,3,8-12H2,1-2H3,(H2,25,28)(H,26,27). The summed E-state index contributed by atoms with van der Waals surface area (Å²) in [4.78, 5) is 49.7. The van der Waals surface area contributed by atoms with Crippen molar-refractivity contribution in [1.29, 1.82) is 0 Å². The van der Waals surface area contributed by atoms with Crippen LogP contribution in [0.4, 0.5) is 9.39 Å². The van der Waals surface area contributed by atoms with Gasteiger partial charge in [-0.2, -0.15) is 0 Å². The Kier molecular flexibility index (Phi) is 8.00. The van der Waals surface area contributed by atoms with Gasteiger partial charge in [0.25, 0.3) is 11.8 Å². The Morgan fingerprint density at radius 2 is 1.79 bits per heavy atom. The monoisotopic (exact) mass is 492 g/mol. The van der Waals surface area contributed by atoms with Crippen molar-refractivity contribution in [3.8, 4) is 0 Å². The number of halogens is 1. The number of hydrogen-bond donors (Lipinski definition) is 2. The van der Waals surface area contributed by atoms with E-state index in [1.165, 1.54) is 38.3 Å². The Balaban J connectivity index is 1.70. The summed E-state index contributed by atoms with van der Waals surface area (Å²) in [5.74, 6) is -3.21. The van der Waals surface area contributed by atoms with Crippen LogP contribution in [0.5, 0.6) is 0 Å². The lowest BCUT2D eigenvalue weighted by molar-refractivity contribution is -0.156. The van der Waals surface area contributed by atoms with Gasteiger partial charge in [-0.15, -0.1) is 11.3 Å². The number of benzene rings is 1. The van der Waals surface area contributed by atoms with Gasteiger partial charge >= 0.3 is 11.9 Å². The zero-order valence-electron chi connectivity index (χ0n) is 18.8. The van der Waals surface area contributed by atoms with E-state index in [0.29, 0.717) is 18.4 Å². The van der Waals surface area contributed by atoms with E-state index >= 15 is 0 Å². The molecule has 34 heavy (non-hydrogen) atoms. The third-order valence-electron chi connectivity index (χ3n) is 5.68. The lowest BCUT2D eigenvalue weighted by Crippen LogP contribution is -2.44. The molecule has 0 bridgehead atoms. The molecule has 9 nitrogen and oxygen atoms in total. The number of hydrogen-bond acceptors (Lipinski definition) is 8. The zero-order chi connectivity index (χ0) is 24.9. The second-order valence-electron chi connectivity index (χ2n) is 7.82. The number of nitrogens with two attached hydrogens (primary N) is 1. The summed E-state index contributed by atoms with van der Waals surface area (Å²) in [5, 5.41) is 2.56. The topological polar surface area (TPSA) is 134 Å². The molecule has 1 saturated carbocycles.